The normalized spacial score (nSPS) is 14.2. The van der Waals surface area contributed by atoms with E-state index in [9.17, 15) is 13.2 Å². The van der Waals surface area contributed by atoms with Crippen molar-refractivity contribution in [3.63, 3.8) is 0 Å². The minimum atomic E-state index is -4.73. The number of benzene rings is 1. The van der Waals surface area contributed by atoms with Crippen LogP contribution in [-0.2, 0) is 26.1 Å². The predicted octanol–water partition coefficient (Wildman–Crippen LogP) is 1.99. The lowest BCUT2D eigenvalue weighted by molar-refractivity contribution is -0.274. The summed E-state index contributed by atoms with van der Waals surface area (Å²) in [6.07, 6.45) is -2.75. The fourth-order valence-electron chi connectivity index (χ4n) is 2.78. The third-order valence-electron chi connectivity index (χ3n) is 3.97. The summed E-state index contributed by atoms with van der Waals surface area (Å²) >= 11 is 0. The van der Waals surface area contributed by atoms with Crippen LogP contribution in [0.25, 0.3) is 0 Å². The average molecular weight is 368 g/mol. The smallest absolute Gasteiger partial charge is 0.405 e. The van der Waals surface area contributed by atoms with Gasteiger partial charge in [0.1, 0.15) is 11.6 Å². The lowest BCUT2D eigenvalue weighted by Gasteiger charge is -2.15. The topological polar surface area (TPSA) is 76.4 Å². The zero-order valence-electron chi connectivity index (χ0n) is 14.2. The van der Waals surface area contributed by atoms with Gasteiger partial charge in [-0.1, -0.05) is 18.2 Å². The molecule has 0 unspecified atom stereocenters. The quantitative estimate of drug-likeness (QED) is 0.624. The van der Waals surface area contributed by atoms with Gasteiger partial charge in [-0.25, -0.2) is 0 Å². The van der Waals surface area contributed by atoms with E-state index in [1.807, 2.05) is 0 Å². The van der Waals surface area contributed by atoms with Gasteiger partial charge in [0.05, 0.1) is 6.54 Å². The Kier molecular flexibility index (Phi) is 5.29. The predicted molar refractivity (Wildman–Crippen MR) is 88.5 cm³/mol. The van der Waals surface area contributed by atoms with Crippen LogP contribution in [0.4, 0.5) is 13.2 Å². The summed E-state index contributed by atoms with van der Waals surface area (Å²) in [5, 5.41) is 14.3. The first-order valence-corrected chi connectivity index (χ1v) is 8.15. The van der Waals surface area contributed by atoms with Crippen LogP contribution in [-0.4, -0.2) is 34.1 Å². The lowest BCUT2D eigenvalue weighted by Crippen LogP contribution is -2.37. The Morgan fingerprint density at radius 1 is 1.23 bits per heavy atom. The highest BCUT2D eigenvalue weighted by Gasteiger charge is 2.31. The van der Waals surface area contributed by atoms with Gasteiger partial charge in [0.2, 0.25) is 0 Å². The fraction of sp³-hybridized carbons (Fsp3) is 0.438. The Morgan fingerprint density at radius 3 is 2.77 bits per heavy atom. The number of fused-ring (bicyclic) bond motifs is 1. The van der Waals surface area contributed by atoms with Crippen molar-refractivity contribution in [1.82, 2.24) is 25.4 Å². The van der Waals surface area contributed by atoms with Crippen LogP contribution < -0.4 is 15.4 Å². The van der Waals surface area contributed by atoms with Crippen molar-refractivity contribution in [2.45, 2.75) is 38.8 Å². The second kappa shape index (κ2) is 7.63. The molecule has 7 nitrogen and oxygen atoms in total. The summed E-state index contributed by atoms with van der Waals surface area (Å²) in [5.41, 5.74) is 0.371. The van der Waals surface area contributed by atoms with Crippen LogP contribution in [0.3, 0.4) is 0 Å². The number of aliphatic imine (C=N–C) groups is 1. The van der Waals surface area contributed by atoms with Gasteiger partial charge in [-0.05, 0) is 12.5 Å². The summed E-state index contributed by atoms with van der Waals surface area (Å²) in [7, 11) is 1.59. The molecule has 10 heteroatoms. The van der Waals surface area contributed by atoms with Gasteiger partial charge < -0.3 is 19.9 Å². The van der Waals surface area contributed by atoms with Crippen molar-refractivity contribution < 1.29 is 17.9 Å². The monoisotopic (exact) mass is 368 g/mol. The molecule has 0 saturated carbocycles. The van der Waals surface area contributed by atoms with Crippen LogP contribution in [0.5, 0.6) is 5.75 Å². The van der Waals surface area contributed by atoms with E-state index in [1.165, 1.54) is 12.1 Å². The molecule has 1 aliphatic heterocycles. The molecule has 140 valence electrons. The zero-order valence-corrected chi connectivity index (χ0v) is 14.2. The summed E-state index contributed by atoms with van der Waals surface area (Å²) in [5.74, 6) is 1.99. The van der Waals surface area contributed by atoms with E-state index in [0.29, 0.717) is 18.1 Å². The summed E-state index contributed by atoms with van der Waals surface area (Å²) in [4.78, 5) is 4.07. The molecule has 0 amide bonds. The first-order chi connectivity index (χ1) is 12.5. The van der Waals surface area contributed by atoms with Gasteiger partial charge in [-0.2, -0.15) is 0 Å². The SMILES string of the molecule is CN=C(NCc1ccccc1OC(F)(F)F)NCc1nnc2n1CCC2. The average Bonchev–Trinajstić information content (AvgIpc) is 3.19. The van der Waals surface area contributed by atoms with Gasteiger partial charge in [-0.15, -0.1) is 23.4 Å². The first kappa shape index (κ1) is 18.0. The summed E-state index contributed by atoms with van der Waals surface area (Å²) < 4.78 is 43.5. The van der Waals surface area contributed by atoms with Crippen LogP contribution in [0.15, 0.2) is 29.3 Å². The minimum absolute atomic E-state index is 0.129. The molecule has 0 saturated heterocycles. The molecule has 26 heavy (non-hydrogen) atoms. The molecule has 2 N–H and O–H groups in total. The van der Waals surface area contributed by atoms with E-state index < -0.39 is 6.36 Å². The van der Waals surface area contributed by atoms with Crippen LogP contribution >= 0.6 is 0 Å². The molecule has 1 aromatic heterocycles. The van der Waals surface area contributed by atoms with E-state index in [2.05, 4.69) is 35.1 Å². The molecule has 1 aliphatic rings. The van der Waals surface area contributed by atoms with Crippen molar-refractivity contribution in [3.05, 3.63) is 41.5 Å². The third-order valence-corrected chi connectivity index (χ3v) is 3.97. The van der Waals surface area contributed by atoms with Crippen LogP contribution in [0, 0.1) is 0 Å². The second-order valence-electron chi connectivity index (χ2n) is 5.72. The standard InChI is InChI=1S/C16H19F3N6O/c1-20-15(22-10-14-24-23-13-7-4-8-25(13)14)21-9-11-5-2-3-6-12(11)26-16(17,18)19/h2-3,5-6H,4,7-10H2,1H3,(H2,20,21,22). The number of nitrogens with zero attached hydrogens (tertiary/aromatic N) is 4. The van der Waals surface area contributed by atoms with E-state index >= 15 is 0 Å². The van der Waals surface area contributed by atoms with Crippen molar-refractivity contribution >= 4 is 5.96 Å². The second-order valence-corrected chi connectivity index (χ2v) is 5.72. The molecule has 0 radical (unpaired) electrons. The maximum Gasteiger partial charge on any atom is 0.573 e. The zero-order chi connectivity index (χ0) is 18.6. The van der Waals surface area contributed by atoms with E-state index in [-0.39, 0.29) is 12.3 Å². The molecule has 2 heterocycles. The minimum Gasteiger partial charge on any atom is -0.405 e. The number of rotatable bonds is 5. The Bertz CT molecular complexity index is 787. The molecule has 1 aromatic carbocycles. The molecule has 0 fully saturated rings. The van der Waals surface area contributed by atoms with Crippen molar-refractivity contribution in [2.24, 2.45) is 4.99 Å². The molecule has 2 aromatic rings. The van der Waals surface area contributed by atoms with Gasteiger partial charge in [-0.3, -0.25) is 4.99 Å². The lowest BCUT2D eigenvalue weighted by atomic mass is 10.2. The number of ether oxygens (including phenoxy) is 1. The van der Waals surface area contributed by atoms with Crippen molar-refractivity contribution in [3.8, 4) is 5.75 Å². The molecular weight excluding hydrogens is 349 g/mol. The van der Waals surface area contributed by atoms with Gasteiger partial charge >= 0.3 is 6.36 Å². The molecule has 3 rings (SSSR count). The highest BCUT2D eigenvalue weighted by atomic mass is 19.4. The fourth-order valence-corrected chi connectivity index (χ4v) is 2.78. The first-order valence-electron chi connectivity index (χ1n) is 8.15. The third kappa shape index (κ3) is 4.44. The summed E-state index contributed by atoms with van der Waals surface area (Å²) in [6.45, 7) is 1.45. The van der Waals surface area contributed by atoms with Crippen molar-refractivity contribution in [2.75, 3.05) is 7.05 Å². The number of aromatic nitrogens is 3. The highest BCUT2D eigenvalue weighted by Crippen LogP contribution is 2.26. The number of hydrogen-bond donors (Lipinski definition) is 2. The number of alkyl halides is 3. The maximum absolute atomic E-state index is 12.5. The van der Waals surface area contributed by atoms with Gasteiger partial charge in [0, 0.05) is 32.1 Å². The number of aryl methyl sites for hydroxylation is 1. The molecule has 0 aliphatic carbocycles. The Morgan fingerprint density at radius 2 is 2.00 bits per heavy atom. The van der Waals surface area contributed by atoms with Crippen LogP contribution in [0.1, 0.15) is 23.6 Å². The Hall–Kier alpha value is -2.78. The molecule has 0 bridgehead atoms. The number of halogens is 3. The van der Waals surface area contributed by atoms with E-state index in [4.69, 9.17) is 0 Å². The Balaban J connectivity index is 1.58. The summed E-state index contributed by atoms with van der Waals surface area (Å²) in [6, 6.07) is 5.98. The van der Waals surface area contributed by atoms with E-state index in [0.717, 1.165) is 31.0 Å². The maximum atomic E-state index is 12.5. The molecule has 0 spiro atoms. The highest BCUT2D eigenvalue weighted by molar-refractivity contribution is 5.79. The number of nitrogens with one attached hydrogen (secondary N) is 2. The Labute approximate surface area is 148 Å². The molecular formula is C16H19F3N6O. The van der Waals surface area contributed by atoms with Gasteiger partial charge in [0.15, 0.2) is 11.8 Å². The number of para-hydroxylation sites is 1. The van der Waals surface area contributed by atoms with Crippen molar-refractivity contribution in [1.29, 1.82) is 0 Å². The molecule has 0 atom stereocenters. The number of guanidine groups is 1. The van der Waals surface area contributed by atoms with Crippen LogP contribution in [0.2, 0.25) is 0 Å². The largest absolute Gasteiger partial charge is 0.573 e. The van der Waals surface area contributed by atoms with Gasteiger partial charge in [0.25, 0.3) is 0 Å². The number of hydrogen-bond acceptors (Lipinski definition) is 4. The van der Waals surface area contributed by atoms with E-state index in [1.54, 1.807) is 19.2 Å².